The average molecular weight is 582 g/mol. The Labute approximate surface area is 232 Å². The molecule has 4 aromatic rings. The summed E-state index contributed by atoms with van der Waals surface area (Å²) in [5.74, 6) is -0.407. The van der Waals surface area contributed by atoms with Crippen LogP contribution in [0.25, 0.3) is 0 Å². The molecule has 202 valence electrons. The van der Waals surface area contributed by atoms with Crippen molar-refractivity contribution in [3.63, 3.8) is 0 Å². The van der Waals surface area contributed by atoms with Gasteiger partial charge in [0, 0.05) is 39.6 Å². The number of benzene rings is 4. The zero-order valence-corrected chi connectivity index (χ0v) is 23.4. The molecule has 9 nitrogen and oxygen atoms in total. The highest BCUT2D eigenvalue weighted by atomic mass is 32.2. The van der Waals surface area contributed by atoms with Crippen molar-refractivity contribution in [1.29, 1.82) is 0 Å². The van der Waals surface area contributed by atoms with Gasteiger partial charge >= 0.3 is 0 Å². The van der Waals surface area contributed by atoms with Gasteiger partial charge < -0.3 is 16.4 Å². The van der Waals surface area contributed by atoms with Crippen LogP contribution in [0.1, 0.15) is 11.1 Å². The summed E-state index contributed by atoms with van der Waals surface area (Å²) >= 11 is 1.55. The molecule has 39 heavy (non-hydrogen) atoms. The maximum absolute atomic E-state index is 12.8. The monoisotopic (exact) mass is 581 g/mol. The molecule has 0 fully saturated rings. The number of rotatable bonds is 8. The van der Waals surface area contributed by atoms with Crippen molar-refractivity contribution in [2.45, 2.75) is 21.3 Å². The highest BCUT2D eigenvalue weighted by Crippen LogP contribution is 2.48. The van der Waals surface area contributed by atoms with Crippen LogP contribution < -0.4 is 25.8 Å². The van der Waals surface area contributed by atoms with E-state index in [0.29, 0.717) is 33.9 Å². The van der Waals surface area contributed by atoms with Crippen molar-refractivity contribution in [2.75, 3.05) is 32.9 Å². The van der Waals surface area contributed by atoms with Crippen molar-refractivity contribution in [3.05, 3.63) is 96.1 Å². The molecule has 0 saturated carbocycles. The van der Waals surface area contributed by atoms with Gasteiger partial charge in [-0.25, -0.2) is 16.8 Å². The number of anilines is 6. The van der Waals surface area contributed by atoms with E-state index in [2.05, 4.69) is 9.44 Å². The lowest BCUT2D eigenvalue weighted by atomic mass is 10.1. The molecular weight excluding hydrogens is 555 g/mol. The number of sulfonamides is 2. The SMILES string of the molecule is CN1c2cc(CS(=O)(=O)Nc3ccc(N)cc3)ccc2Sc2ccc(CS(=O)(=O)Nc3ccc(N)cc3)cc21. The zero-order chi connectivity index (χ0) is 27.8. The Morgan fingerprint density at radius 2 is 1.03 bits per heavy atom. The smallest absolute Gasteiger partial charge is 0.236 e. The van der Waals surface area contributed by atoms with Gasteiger partial charge in [0.05, 0.1) is 22.9 Å². The molecule has 1 aliphatic heterocycles. The van der Waals surface area contributed by atoms with Crippen molar-refractivity contribution >= 4 is 65.9 Å². The van der Waals surface area contributed by atoms with Crippen molar-refractivity contribution in [3.8, 4) is 0 Å². The van der Waals surface area contributed by atoms with E-state index in [1.54, 1.807) is 72.4 Å². The predicted molar refractivity (Wildman–Crippen MR) is 159 cm³/mol. The fraction of sp³-hybridized carbons (Fsp3) is 0.111. The van der Waals surface area contributed by atoms with E-state index in [0.717, 1.165) is 21.2 Å². The van der Waals surface area contributed by atoms with Gasteiger partial charge in [-0.1, -0.05) is 23.9 Å². The lowest BCUT2D eigenvalue weighted by molar-refractivity contribution is 0.598. The Morgan fingerprint density at radius 1 is 0.641 bits per heavy atom. The summed E-state index contributed by atoms with van der Waals surface area (Å²) in [7, 11) is -5.43. The molecule has 0 bridgehead atoms. The van der Waals surface area contributed by atoms with E-state index < -0.39 is 20.0 Å². The normalized spacial score (nSPS) is 12.9. The Kier molecular flexibility index (Phi) is 7.10. The summed E-state index contributed by atoms with van der Waals surface area (Å²) in [5, 5.41) is 0. The molecule has 1 aliphatic rings. The molecule has 5 rings (SSSR count). The van der Waals surface area contributed by atoms with Crippen molar-refractivity contribution in [1.82, 2.24) is 0 Å². The van der Waals surface area contributed by atoms with Crippen molar-refractivity contribution < 1.29 is 16.8 Å². The molecule has 12 heteroatoms. The Bertz CT molecular complexity index is 1610. The van der Waals surface area contributed by atoms with Crippen LogP contribution in [0.3, 0.4) is 0 Å². The van der Waals surface area contributed by atoms with Gasteiger partial charge in [-0.3, -0.25) is 9.44 Å². The molecule has 0 aromatic heterocycles. The first-order valence-corrected chi connectivity index (χ1v) is 16.0. The quantitative estimate of drug-likeness (QED) is 0.213. The summed E-state index contributed by atoms with van der Waals surface area (Å²) in [4.78, 5) is 3.90. The second-order valence-corrected chi connectivity index (χ2v) is 13.8. The lowest BCUT2D eigenvalue weighted by Gasteiger charge is -2.30. The van der Waals surface area contributed by atoms with Crippen LogP contribution in [0, 0.1) is 0 Å². The molecule has 6 N–H and O–H groups in total. The minimum Gasteiger partial charge on any atom is -0.399 e. The third kappa shape index (κ3) is 6.41. The second-order valence-electron chi connectivity index (χ2n) is 9.23. The Hall–Kier alpha value is -3.87. The predicted octanol–water partition coefficient (Wildman–Crippen LogP) is 4.97. The summed E-state index contributed by atoms with van der Waals surface area (Å²) in [6, 6.07) is 24.1. The minimum absolute atomic E-state index is 0.203. The van der Waals surface area contributed by atoms with E-state index in [1.165, 1.54) is 0 Å². The van der Waals surface area contributed by atoms with E-state index >= 15 is 0 Å². The zero-order valence-electron chi connectivity index (χ0n) is 21.0. The van der Waals surface area contributed by atoms with Crippen LogP contribution in [0.4, 0.5) is 34.1 Å². The van der Waals surface area contributed by atoms with E-state index in [9.17, 15) is 16.8 Å². The number of hydrogen-bond acceptors (Lipinski definition) is 8. The van der Waals surface area contributed by atoms with Crippen LogP contribution in [0.15, 0.2) is 94.7 Å². The van der Waals surface area contributed by atoms with Crippen LogP contribution in [0.2, 0.25) is 0 Å². The highest BCUT2D eigenvalue weighted by Gasteiger charge is 2.24. The maximum atomic E-state index is 12.8. The fourth-order valence-corrected chi connectivity index (χ4v) is 7.70. The number of nitrogens with two attached hydrogens (primary N) is 2. The van der Waals surface area contributed by atoms with Gasteiger partial charge in [-0.2, -0.15) is 0 Å². The van der Waals surface area contributed by atoms with Gasteiger partial charge in [0.1, 0.15) is 0 Å². The van der Waals surface area contributed by atoms with E-state index in [1.807, 2.05) is 36.2 Å². The Morgan fingerprint density at radius 3 is 1.41 bits per heavy atom. The topological polar surface area (TPSA) is 148 Å². The first-order valence-electron chi connectivity index (χ1n) is 11.9. The van der Waals surface area contributed by atoms with Crippen LogP contribution >= 0.6 is 11.8 Å². The molecule has 1 heterocycles. The molecular formula is C27H27N5O4S3. The molecule has 0 unspecified atom stereocenters. The molecule has 0 aliphatic carbocycles. The van der Waals surface area contributed by atoms with Crippen LogP contribution in [-0.2, 0) is 31.6 Å². The summed E-state index contributed by atoms with van der Waals surface area (Å²) in [6.07, 6.45) is 0. The minimum atomic E-state index is -3.66. The lowest BCUT2D eigenvalue weighted by Crippen LogP contribution is -2.18. The summed E-state index contributed by atoms with van der Waals surface area (Å²) < 4.78 is 56.3. The standard InChI is InChI=1S/C27H27N5O4S3/c1-32-24-14-18(16-38(33,34)30-22-8-4-20(28)5-9-22)2-12-26(24)37-27-13-3-19(15-25(27)32)17-39(35,36)31-23-10-6-21(29)7-11-23/h2-15,30-31H,16-17,28-29H2,1H3. The fourth-order valence-electron chi connectivity index (χ4n) is 4.22. The van der Waals surface area contributed by atoms with E-state index in [4.69, 9.17) is 11.5 Å². The molecule has 0 spiro atoms. The van der Waals surface area contributed by atoms with Gasteiger partial charge in [0.15, 0.2) is 0 Å². The van der Waals surface area contributed by atoms with Gasteiger partial charge in [0.2, 0.25) is 20.0 Å². The average Bonchev–Trinajstić information content (AvgIpc) is 2.87. The largest absolute Gasteiger partial charge is 0.399 e. The van der Waals surface area contributed by atoms with Crippen LogP contribution in [-0.4, -0.2) is 23.9 Å². The van der Waals surface area contributed by atoms with Gasteiger partial charge in [-0.15, -0.1) is 0 Å². The molecule has 0 amide bonds. The van der Waals surface area contributed by atoms with Crippen LogP contribution in [0.5, 0.6) is 0 Å². The molecule has 0 atom stereocenters. The number of nitrogen functional groups attached to an aromatic ring is 2. The number of nitrogens with one attached hydrogen (secondary N) is 2. The van der Waals surface area contributed by atoms with Crippen molar-refractivity contribution in [2.24, 2.45) is 0 Å². The maximum Gasteiger partial charge on any atom is 0.236 e. The van der Waals surface area contributed by atoms with Gasteiger partial charge in [-0.05, 0) is 83.9 Å². The Balaban J connectivity index is 1.33. The number of nitrogens with zero attached hydrogens (tertiary/aromatic N) is 1. The highest BCUT2D eigenvalue weighted by molar-refractivity contribution is 7.99. The molecule has 0 radical (unpaired) electrons. The second kappa shape index (κ2) is 10.4. The third-order valence-electron chi connectivity index (χ3n) is 6.07. The summed E-state index contributed by atoms with van der Waals surface area (Å²) in [6.45, 7) is 0. The summed E-state index contributed by atoms with van der Waals surface area (Å²) in [5.41, 5.74) is 16.3. The molecule has 0 saturated heterocycles. The number of hydrogen-bond donors (Lipinski definition) is 4. The number of fused-ring (bicyclic) bond motifs is 2. The first-order chi connectivity index (χ1) is 18.5. The van der Waals surface area contributed by atoms with Gasteiger partial charge in [0.25, 0.3) is 0 Å². The molecule has 4 aromatic carbocycles. The third-order valence-corrected chi connectivity index (χ3v) is 9.72. The first kappa shape index (κ1) is 26.7. The van der Waals surface area contributed by atoms with E-state index in [-0.39, 0.29) is 11.5 Å².